The number of thiophene rings is 1. The Morgan fingerprint density at radius 3 is 2.90 bits per heavy atom. The Balaban J connectivity index is 2.05. The Labute approximate surface area is 133 Å². The van der Waals surface area contributed by atoms with Gasteiger partial charge in [0.1, 0.15) is 16.2 Å². The highest BCUT2D eigenvalue weighted by atomic mass is 32.2. The van der Waals surface area contributed by atoms with E-state index in [-0.39, 0.29) is 11.9 Å². The highest BCUT2D eigenvalue weighted by Gasteiger charge is 2.14. The van der Waals surface area contributed by atoms with E-state index in [1.54, 1.807) is 17.7 Å². The van der Waals surface area contributed by atoms with Crippen LogP contribution in [0.2, 0.25) is 0 Å². The number of amides is 1. The minimum Gasteiger partial charge on any atom is -0.353 e. The van der Waals surface area contributed by atoms with Crippen molar-refractivity contribution in [1.29, 1.82) is 0 Å². The van der Waals surface area contributed by atoms with Crippen LogP contribution in [0, 0.1) is 13.8 Å². The van der Waals surface area contributed by atoms with Gasteiger partial charge in [0.2, 0.25) is 5.91 Å². The molecular weight excluding hydrogens is 302 g/mol. The molecule has 2 heterocycles. The van der Waals surface area contributed by atoms with Crippen LogP contribution in [0.1, 0.15) is 37.1 Å². The van der Waals surface area contributed by atoms with Crippen LogP contribution in [-0.2, 0) is 4.79 Å². The lowest BCUT2D eigenvalue weighted by Crippen LogP contribution is -2.33. The molecule has 0 bridgehead atoms. The van der Waals surface area contributed by atoms with Crippen LogP contribution in [-0.4, -0.2) is 27.7 Å². The fourth-order valence-electron chi connectivity index (χ4n) is 2.22. The van der Waals surface area contributed by atoms with Gasteiger partial charge in [-0.1, -0.05) is 25.1 Å². The molecule has 2 rings (SSSR count). The number of fused-ring (bicyclic) bond motifs is 1. The smallest absolute Gasteiger partial charge is 0.230 e. The van der Waals surface area contributed by atoms with E-state index in [0.717, 1.165) is 28.1 Å². The molecule has 0 spiro atoms. The van der Waals surface area contributed by atoms with E-state index in [2.05, 4.69) is 36.1 Å². The van der Waals surface area contributed by atoms with Crippen LogP contribution in [0.3, 0.4) is 0 Å². The molecule has 6 heteroatoms. The van der Waals surface area contributed by atoms with Crippen molar-refractivity contribution in [2.75, 3.05) is 5.75 Å². The first-order chi connectivity index (χ1) is 10.0. The number of nitrogens with zero attached hydrogens (tertiary/aromatic N) is 2. The van der Waals surface area contributed by atoms with Crippen molar-refractivity contribution in [3.63, 3.8) is 0 Å². The summed E-state index contributed by atoms with van der Waals surface area (Å²) < 4.78 is 0. The van der Waals surface area contributed by atoms with Crippen molar-refractivity contribution in [3.05, 3.63) is 16.8 Å². The summed E-state index contributed by atoms with van der Waals surface area (Å²) in [5.41, 5.74) is 1.22. The van der Waals surface area contributed by atoms with Gasteiger partial charge in [-0.25, -0.2) is 9.97 Å². The highest BCUT2D eigenvalue weighted by molar-refractivity contribution is 8.00. The zero-order valence-corrected chi connectivity index (χ0v) is 14.5. The zero-order valence-electron chi connectivity index (χ0n) is 12.9. The molecule has 4 nitrogen and oxygen atoms in total. The second kappa shape index (κ2) is 7.22. The molecule has 0 fully saturated rings. The van der Waals surface area contributed by atoms with Crippen molar-refractivity contribution < 1.29 is 4.79 Å². The van der Waals surface area contributed by atoms with E-state index in [4.69, 9.17) is 0 Å². The molecule has 1 N–H and O–H groups in total. The fraction of sp³-hybridized carbons (Fsp3) is 0.533. The van der Waals surface area contributed by atoms with Crippen molar-refractivity contribution in [2.24, 2.45) is 0 Å². The molecule has 114 valence electrons. The number of nitrogens with one attached hydrogen (secondary N) is 1. The Bertz CT molecular complexity index is 639. The number of rotatable bonds is 6. The molecule has 2 aromatic rings. The second-order valence-electron chi connectivity index (χ2n) is 5.19. The predicted molar refractivity (Wildman–Crippen MR) is 90.1 cm³/mol. The second-order valence-corrected chi connectivity index (χ2v) is 7.36. The average Bonchev–Trinajstić information content (AvgIpc) is 2.73. The summed E-state index contributed by atoms with van der Waals surface area (Å²) in [6.07, 6.45) is 3.67. The number of hydrogen-bond donors (Lipinski definition) is 1. The summed E-state index contributed by atoms with van der Waals surface area (Å²) in [7, 11) is 0. The Kier molecular flexibility index (Phi) is 5.58. The predicted octanol–water partition coefficient (Wildman–Crippen LogP) is 3.71. The minimum atomic E-state index is 0.0670. The Morgan fingerprint density at radius 1 is 1.43 bits per heavy atom. The third kappa shape index (κ3) is 3.95. The van der Waals surface area contributed by atoms with E-state index in [1.165, 1.54) is 22.2 Å². The number of carbonyl (C=O) groups is 1. The number of aromatic nitrogens is 2. The summed E-state index contributed by atoms with van der Waals surface area (Å²) in [5, 5.41) is 5.02. The highest BCUT2D eigenvalue weighted by Crippen LogP contribution is 2.34. The molecule has 21 heavy (non-hydrogen) atoms. The third-order valence-electron chi connectivity index (χ3n) is 3.40. The number of aryl methyl sites for hydroxylation is 2. The standard InChI is InChI=1S/C15H21N3OS2/c1-5-6-9(2)18-12(19)7-20-14-13-10(3)11(4)21-15(13)17-8-16-14/h8-9H,5-7H2,1-4H3,(H,18,19). The van der Waals surface area contributed by atoms with Crippen LogP contribution in [0.25, 0.3) is 10.2 Å². The normalized spacial score (nSPS) is 12.6. The largest absolute Gasteiger partial charge is 0.353 e. The van der Waals surface area contributed by atoms with Gasteiger partial charge in [0.15, 0.2) is 0 Å². The van der Waals surface area contributed by atoms with E-state index in [9.17, 15) is 4.79 Å². The van der Waals surface area contributed by atoms with Crippen molar-refractivity contribution in [3.8, 4) is 0 Å². The zero-order chi connectivity index (χ0) is 15.4. The first-order valence-corrected chi connectivity index (χ1v) is 8.96. The summed E-state index contributed by atoms with van der Waals surface area (Å²) in [5.74, 6) is 0.464. The Hall–Kier alpha value is -1.14. The SMILES string of the molecule is CCCC(C)NC(=O)CSc1ncnc2sc(C)c(C)c12. The van der Waals surface area contributed by atoms with Gasteiger partial charge in [-0.3, -0.25) is 4.79 Å². The quantitative estimate of drug-likeness (QED) is 0.650. The average molecular weight is 323 g/mol. The van der Waals surface area contributed by atoms with Crippen molar-refractivity contribution in [2.45, 2.75) is 51.6 Å². The number of thioether (sulfide) groups is 1. The minimum absolute atomic E-state index is 0.0670. The van der Waals surface area contributed by atoms with Crippen LogP contribution in [0.5, 0.6) is 0 Å². The van der Waals surface area contributed by atoms with Gasteiger partial charge in [0, 0.05) is 16.3 Å². The van der Waals surface area contributed by atoms with Gasteiger partial charge in [-0.2, -0.15) is 0 Å². The molecule has 0 aromatic carbocycles. The summed E-state index contributed by atoms with van der Waals surface area (Å²) >= 11 is 3.17. The van der Waals surface area contributed by atoms with Crippen LogP contribution >= 0.6 is 23.1 Å². The monoisotopic (exact) mass is 323 g/mol. The van der Waals surface area contributed by atoms with Gasteiger partial charge >= 0.3 is 0 Å². The van der Waals surface area contributed by atoms with E-state index < -0.39 is 0 Å². The van der Waals surface area contributed by atoms with E-state index in [0.29, 0.717) is 5.75 Å². The van der Waals surface area contributed by atoms with E-state index in [1.807, 2.05) is 6.92 Å². The summed E-state index contributed by atoms with van der Waals surface area (Å²) in [6.45, 7) is 8.35. The fourth-order valence-corrected chi connectivity index (χ4v) is 4.14. The molecule has 1 unspecified atom stereocenters. The lowest BCUT2D eigenvalue weighted by atomic mass is 10.2. The molecule has 1 amide bonds. The van der Waals surface area contributed by atoms with E-state index >= 15 is 0 Å². The van der Waals surface area contributed by atoms with Gasteiger partial charge in [-0.05, 0) is 32.8 Å². The van der Waals surface area contributed by atoms with Crippen LogP contribution in [0.4, 0.5) is 0 Å². The summed E-state index contributed by atoms with van der Waals surface area (Å²) in [4.78, 5) is 22.9. The molecule has 0 aliphatic rings. The first kappa shape index (κ1) is 16.2. The topological polar surface area (TPSA) is 54.9 Å². The molecule has 0 aliphatic carbocycles. The maximum atomic E-state index is 12.0. The number of hydrogen-bond acceptors (Lipinski definition) is 5. The van der Waals surface area contributed by atoms with Crippen LogP contribution in [0.15, 0.2) is 11.4 Å². The lowest BCUT2D eigenvalue weighted by Gasteiger charge is -2.12. The van der Waals surface area contributed by atoms with Gasteiger partial charge < -0.3 is 5.32 Å². The maximum Gasteiger partial charge on any atom is 0.230 e. The van der Waals surface area contributed by atoms with Gasteiger partial charge in [0.05, 0.1) is 5.75 Å². The molecule has 0 aliphatic heterocycles. The van der Waals surface area contributed by atoms with Gasteiger partial charge in [-0.15, -0.1) is 11.3 Å². The molecule has 0 radical (unpaired) electrons. The van der Waals surface area contributed by atoms with Crippen LogP contribution < -0.4 is 5.32 Å². The first-order valence-electron chi connectivity index (χ1n) is 7.15. The summed E-state index contributed by atoms with van der Waals surface area (Å²) in [6, 6.07) is 0.235. The molecule has 0 saturated carbocycles. The molecule has 2 aromatic heterocycles. The van der Waals surface area contributed by atoms with Crippen molar-refractivity contribution >= 4 is 39.2 Å². The third-order valence-corrected chi connectivity index (χ3v) is 5.50. The Morgan fingerprint density at radius 2 is 2.19 bits per heavy atom. The van der Waals surface area contributed by atoms with Gasteiger partial charge in [0.25, 0.3) is 0 Å². The molecule has 1 atom stereocenters. The maximum absolute atomic E-state index is 12.0. The lowest BCUT2D eigenvalue weighted by molar-refractivity contribution is -0.119. The number of carbonyl (C=O) groups excluding carboxylic acids is 1. The molecule has 0 saturated heterocycles. The van der Waals surface area contributed by atoms with Crippen molar-refractivity contribution in [1.82, 2.24) is 15.3 Å². The molecular formula is C15H21N3OS2.